The molecule has 0 N–H and O–H groups in total. The van der Waals surface area contributed by atoms with Gasteiger partial charge in [-0.1, -0.05) is 0 Å². The van der Waals surface area contributed by atoms with Gasteiger partial charge in [0.2, 0.25) is 5.67 Å². The molecule has 0 fully saturated rings. The van der Waals surface area contributed by atoms with E-state index in [2.05, 4.69) is 6.07 Å². The molecule has 83 valence electrons. The van der Waals surface area contributed by atoms with E-state index in [0.717, 1.165) is 12.1 Å². The Labute approximate surface area is 112 Å². The summed E-state index contributed by atoms with van der Waals surface area (Å²) in [4.78, 5) is 0. The Kier molecular flexibility index (Phi) is 3.90. The molecule has 0 nitrogen and oxygen atoms in total. The minimum absolute atomic E-state index is 0.387. The van der Waals surface area contributed by atoms with E-state index in [0.29, 0.717) is 14.1 Å². The van der Waals surface area contributed by atoms with E-state index in [4.69, 9.17) is 0 Å². The fraction of sp³-hybridized carbons (Fsp3) is 0.333. The Morgan fingerprint density at radius 3 is 1.80 bits per heavy atom. The molecule has 0 amide bonds. The van der Waals surface area contributed by atoms with Crippen LogP contribution in [0.1, 0.15) is 12.5 Å². The molecular formula is C9H5F4I2. The summed E-state index contributed by atoms with van der Waals surface area (Å²) in [7, 11) is 0. The minimum atomic E-state index is -4.90. The SMILES string of the molecule is CC(F)(c1cc(I)[c]c(I)c1)C(F)(F)F. The first-order valence-electron chi connectivity index (χ1n) is 3.79. The average molecular weight is 443 g/mol. The van der Waals surface area contributed by atoms with Crippen LogP contribution >= 0.6 is 45.2 Å². The summed E-state index contributed by atoms with van der Waals surface area (Å²) < 4.78 is 51.6. The van der Waals surface area contributed by atoms with Gasteiger partial charge in [0.05, 0.1) is 0 Å². The highest BCUT2D eigenvalue weighted by Crippen LogP contribution is 2.42. The summed E-state index contributed by atoms with van der Waals surface area (Å²) in [6, 6.07) is 5.07. The molecule has 1 aromatic rings. The van der Waals surface area contributed by atoms with E-state index >= 15 is 0 Å². The van der Waals surface area contributed by atoms with Crippen molar-refractivity contribution in [1.82, 2.24) is 0 Å². The number of hydrogen-bond acceptors (Lipinski definition) is 0. The highest BCUT2D eigenvalue weighted by Gasteiger charge is 2.53. The average Bonchev–Trinajstić information content (AvgIpc) is 1.99. The van der Waals surface area contributed by atoms with Gasteiger partial charge >= 0.3 is 6.18 Å². The molecule has 0 spiro atoms. The van der Waals surface area contributed by atoms with Crippen LogP contribution in [0.25, 0.3) is 0 Å². The maximum Gasteiger partial charge on any atom is 0.426 e. The molecule has 0 bridgehead atoms. The van der Waals surface area contributed by atoms with E-state index in [1.165, 1.54) is 0 Å². The Bertz CT molecular complexity index is 351. The van der Waals surface area contributed by atoms with Crippen molar-refractivity contribution in [2.24, 2.45) is 0 Å². The molecule has 0 aliphatic rings. The molecule has 1 aromatic carbocycles. The molecule has 0 aliphatic carbocycles. The van der Waals surface area contributed by atoms with Gasteiger partial charge in [-0.2, -0.15) is 13.2 Å². The lowest BCUT2D eigenvalue weighted by molar-refractivity contribution is -0.228. The summed E-state index contributed by atoms with van der Waals surface area (Å²) >= 11 is 3.61. The molecule has 1 rings (SSSR count). The zero-order valence-electron chi connectivity index (χ0n) is 7.42. The van der Waals surface area contributed by atoms with Crippen LogP contribution in [0.4, 0.5) is 17.6 Å². The topological polar surface area (TPSA) is 0 Å². The number of hydrogen-bond donors (Lipinski definition) is 0. The highest BCUT2D eigenvalue weighted by atomic mass is 127. The third kappa shape index (κ3) is 2.95. The molecule has 0 heterocycles. The van der Waals surface area contributed by atoms with Crippen molar-refractivity contribution >= 4 is 45.2 Å². The van der Waals surface area contributed by atoms with E-state index in [1.54, 1.807) is 45.2 Å². The zero-order valence-corrected chi connectivity index (χ0v) is 11.7. The molecule has 0 aromatic heterocycles. The van der Waals surface area contributed by atoms with Gasteiger partial charge in [0, 0.05) is 18.8 Å². The van der Waals surface area contributed by atoms with Gasteiger partial charge in [0.1, 0.15) is 0 Å². The third-order valence-corrected chi connectivity index (χ3v) is 3.04. The molecule has 1 atom stereocenters. The smallest absolute Gasteiger partial charge is 0.229 e. The normalized spacial score (nSPS) is 16.2. The first-order chi connectivity index (χ1) is 6.64. The van der Waals surface area contributed by atoms with E-state index in [9.17, 15) is 17.6 Å². The summed E-state index contributed by atoms with van der Waals surface area (Å²) in [5, 5.41) is 0. The summed E-state index contributed by atoms with van der Waals surface area (Å²) in [6.45, 7) is 0.522. The van der Waals surface area contributed by atoms with Crippen LogP contribution in [0.3, 0.4) is 0 Å². The summed E-state index contributed by atoms with van der Waals surface area (Å²) in [6.07, 6.45) is -4.90. The van der Waals surface area contributed by atoms with Gasteiger partial charge in [0.25, 0.3) is 0 Å². The molecule has 15 heavy (non-hydrogen) atoms. The monoisotopic (exact) mass is 443 g/mol. The Morgan fingerprint density at radius 1 is 1.07 bits per heavy atom. The van der Waals surface area contributed by atoms with Crippen LogP contribution in [-0.4, -0.2) is 6.18 Å². The van der Waals surface area contributed by atoms with Crippen LogP contribution < -0.4 is 0 Å². The zero-order chi connectivity index (χ0) is 11.9. The Morgan fingerprint density at radius 2 is 1.47 bits per heavy atom. The third-order valence-electron chi connectivity index (χ3n) is 1.88. The summed E-state index contributed by atoms with van der Waals surface area (Å²) in [5.74, 6) is 0. The quantitative estimate of drug-likeness (QED) is 0.445. The molecule has 0 saturated carbocycles. The Balaban J connectivity index is 3.27. The first kappa shape index (κ1) is 13.5. The maximum atomic E-state index is 13.5. The lowest BCUT2D eigenvalue weighted by Gasteiger charge is -2.24. The van der Waals surface area contributed by atoms with Crippen molar-refractivity contribution in [2.45, 2.75) is 18.8 Å². The fourth-order valence-electron chi connectivity index (χ4n) is 0.936. The van der Waals surface area contributed by atoms with Crippen LogP contribution in [0.5, 0.6) is 0 Å². The van der Waals surface area contributed by atoms with E-state index in [1.807, 2.05) is 0 Å². The number of rotatable bonds is 1. The second-order valence-corrected chi connectivity index (χ2v) is 5.39. The largest absolute Gasteiger partial charge is 0.426 e. The van der Waals surface area contributed by atoms with Gasteiger partial charge in [-0.15, -0.1) is 0 Å². The second kappa shape index (κ2) is 4.34. The molecule has 0 aliphatic heterocycles. The van der Waals surface area contributed by atoms with Crippen molar-refractivity contribution in [1.29, 1.82) is 0 Å². The van der Waals surface area contributed by atoms with Crippen molar-refractivity contribution in [3.63, 3.8) is 0 Å². The van der Waals surface area contributed by atoms with E-state index < -0.39 is 11.8 Å². The van der Waals surface area contributed by atoms with Crippen LogP contribution in [-0.2, 0) is 5.67 Å². The summed E-state index contributed by atoms with van der Waals surface area (Å²) in [5.41, 5.74) is -3.70. The number of halogens is 6. The van der Waals surface area contributed by atoms with Crippen LogP contribution in [0.15, 0.2) is 12.1 Å². The minimum Gasteiger partial charge on any atom is -0.229 e. The predicted molar refractivity (Wildman–Crippen MR) is 65.2 cm³/mol. The van der Waals surface area contributed by atoms with Crippen LogP contribution in [0, 0.1) is 13.2 Å². The van der Waals surface area contributed by atoms with Crippen molar-refractivity contribution in [3.05, 3.63) is 30.9 Å². The second-order valence-electron chi connectivity index (χ2n) is 3.07. The van der Waals surface area contributed by atoms with Gasteiger partial charge in [-0.3, -0.25) is 0 Å². The van der Waals surface area contributed by atoms with Gasteiger partial charge in [-0.05, 0) is 64.2 Å². The Hall–Kier alpha value is 0.400. The van der Waals surface area contributed by atoms with Gasteiger partial charge in [-0.25, -0.2) is 4.39 Å². The van der Waals surface area contributed by atoms with Crippen molar-refractivity contribution in [2.75, 3.05) is 0 Å². The molecule has 0 saturated heterocycles. The van der Waals surface area contributed by atoms with Gasteiger partial charge in [0.15, 0.2) is 0 Å². The molecule has 6 heteroatoms. The lowest BCUT2D eigenvalue weighted by Crippen LogP contribution is -2.35. The highest BCUT2D eigenvalue weighted by molar-refractivity contribution is 14.1. The number of alkyl halides is 4. The lowest BCUT2D eigenvalue weighted by atomic mass is 9.98. The van der Waals surface area contributed by atoms with Crippen molar-refractivity contribution < 1.29 is 17.6 Å². The molecule has 1 radical (unpaired) electrons. The molecule has 1 unspecified atom stereocenters. The first-order valence-corrected chi connectivity index (χ1v) is 5.95. The van der Waals surface area contributed by atoms with Crippen molar-refractivity contribution in [3.8, 4) is 0 Å². The predicted octanol–water partition coefficient (Wildman–Crippen LogP) is 4.44. The van der Waals surface area contributed by atoms with Crippen LogP contribution in [0.2, 0.25) is 0 Å². The van der Waals surface area contributed by atoms with E-state index in [-0.39, 0.29) is 5.56 Å². The molecular weight excluding hydrogens is 438 g/mol. The number of benzene rings is 1. The maximum absolute atomic E-state index is 13.5. The van der Waals surface area contributed by atoms with Gasteiger partial charge < -0.3 is 0 Å². The fourth-order valence-corrected chi connectivity index (χ4v) is 2.70. The standard InChI is InChI=1S/C9H5F4I2/c1-8(10,9(11,12)13)5-2-6(14)4-7(15)3-5/h2-3H,1H3.